The summed E-state index contributed by atoms with van der Waals surface area (Å²) in [5.74, 6) is -0.517. The highest BCUT2D eigenvalue weighted by Crippen LogP contribution is 2.46. The lowest BCUT2D eigenvalue weighted by Gasteiger charge is -2.25. The van der Waals surface area contributed by atoms with E-state index in [2.05, 4.69) is 6.92 Å². The second-order valence-corrected chi connectivity index (χ2v) is 10.8. The third-order valence-corrected chi connectivity index (χ3v) is 7.86. The summed E-state index contributed by atoms with van der Waals surface area (Å²) in [6.45, 7) is 2.66. The van der Waals surface area contributed by atoms with Gasteiger partial charge in [0.05, 0.1) is 35.0 Å². The summed E-state index contributed by atoms with van der Waals surface area (Å²) in [5.41, 5.74) is 3.31. The molecule has 1 aliphatic rings. The van der Waals surface area contributed by atoms with Gasteiger partial charge in [0, 0.05) is 37.1 Å². The Labute approximate surface area is 246 Å². The fraction of sp³-hybridized carbons (Fsp3) is 0.424. The topological polar surface area (TPSA) is 123 Å². The summed E-state index contributed by atoms with van der Waals surface area (Å²) in [6, 6.07) is 15.4. The van der Waals surface area contributed by atoms with E-state index in [9.17, 15) is 24.8 Å². The first-order valence-electron chi connectivity index (χ1n) is 14.8. The van der Waals surface area contributed by atoms with Gasteiger partial charge in [0.15, 0.2) is 0 Å². The number of esters is 1. The Morgan fingerprint density at radius 1 is 1.00 bits per heavy atom. The first kappa shape index (κ1) is 30.7. The maximum Gasteiger partial charge on any atom is 0.305 e. The number of ether oxygens (including phenoxy) is 1. The maximum absolute atomic E-state index is 14.1. The number of hydrogen-bond donors (Lipinski definition) is 1. The minimum Gasteiger partial charge on any atom is -0.505 e. The van der Waals surface area contributed by atoms with Crippen molar-refractivity contribution in [1.82, 2.24) is 9.88 Å². The van der Waals surface area contributed by atoms with Gasteiger partial charge >= 0.3 is 5.97 Å². The van der Waals surface area contributed by atoms with Gasteiger partial charge in [-0.3, -0.25) is 24.7 Å². The van der Waals surface area contributed by atoms with Crippen molar-refractivity contribution in [3.8, 4) is 16.9 Å². The average molecular weight is 574 g/mol. The molecule has 1 aliphatic heterocycles. The number of pyridine rings is 1. The zero-order valence-electron chi connectivity index (χ0n) is 24.4. The molecule has 0 bridgehead atoms. The van der Waals surface area contributed by atoms with Gasteiger partial charge in [0.2, 0.25) is 0 Å². The van der Waals surface area contributed by atoms with E-state index in [0.717, 1.165) is 50.5 Å². The van der Waals surface area contributed by atoms with Gasteiger partial charge in [-0.25, -0.2) is 0 Å². The normalized spacial score (nSPS) is 14.2. The Morgan fingerprint density at radius 2 is 1.71 bits per heavy atom. The van der Waals surface area contributed by atoms with Gasteiger partial charge in [-0.2, -0.15) is 0 Å². The summed E-state index contributed by atoms with van der Waals surface area (Å²) in [6.07, 6.45) is 7.83. The number of unbranched alkanes of at least 4 members (excludes halogenated alkanes) is 5. The van der Waals surface area contributed by atoms with Crippen LogP contribution in [0.25, 0.3) is 11.1 Å². The Morgan fingerprint density at radius 3 is 2.38 bits per heavy atom. The summed E-state index contributed by atoms with van der Waals surface area (Å²) < 4.78 is 4.74. The minimum absolute atomic E-state index is 0.0674. The summed E-state index contributed by atoms with van der Waals surface area (Å²) in [5, 5.41) is 22.9. The molecular formula is C33H39N3O6. The van der Waals surface area contributed by atoms with E-state index in [1.54, 1.807) is 12.1 Å². The fourth-order valence-corrected chi connectivity index (χ4v) is 5.62. The van der Waals surface area contributed by atoms with Crippen molar-refractivity contribution < 1.29 is 24.4 Å². The second kappa shape index (κ2) is 14.6. The first-order chi connectivity index (χ1) is 20.3. The SMILES string of the molecule is CCCCCCC1c2nc(Cc3ccccc3)c(O)c(-c3ccc([N+](=O)[O-])cc3)c2C(=O)N1CCCCCC(=O)OC. The molecule has 2 heterocycles. The lowest BCUT2D eigenvalue weighted by molar-refractivity contribution is -0.384. The van der Waals surface area contributed by atoms with E-state index in [0.29, 0.717) is 53.9 Å². The number of nitro benzene ring substituents is 1. The fourth-order valence-electron chi connectivity index (χ4n) is 5.62. The number of carbonyl (C=O) groups is 2. The predicted molar refractivity (Wildman–Crippen MR) is 160 cm³/mol. The van der Waals surface area contributed by atoms with E-state index < -0.39 is 4.92 Å². The third-order valence-electron chi connectivity index (χ3n) is 7.86. The Balaban J connectivity index is 1.75. The number of benzene rings is 2. The smallest absolute Gasteiger partial charge is 0.305 e. The molecule has 1 N–H and O–H groups in total. The van der Waals surface area contributed by atoms with Crippen LogP contribution in [0.3, 0.4) is 0 Å². The average Bonchev–Trinajstić information content (AvgIpc) is 3.25. The van der Waals surface area contributed by atoms with Crippen molar-refractivity contribution in [2.24, 2.45) is 0 Å². The molecular weight excluding hydrogens is 534 g/mol. The second-order valence-electron chi connectivity index (χ2n) is 10.8. The number of amides is 1. The number of hydrogen-bond acceptors (Lipinski definition) is 7. The van der Waals surface area contributed by atoms with Gasteiger partial charge < -0.3 is 14.7 Å². The molecule has 222 valence electrons. The van der Waals surface area contributed by atoms with Crippen molar-refractivity contribution >= 4 is 17.6 Å². The molecule has 2 aromatic carbocycles. The summed E-state index contributed by atoms with van der Waals surface area (Å²) in [7, 11) is 1.38. The molecule has 0 spiro atoms. The number of aromatic nitrogens is 1. The van der Waals surface area contributed by atoms with Crippen LogP contribution < -0.4 is 0 Å². The van der Waals surface area contributed by atoms with Crippen LogP contribution in [0.4, 0.5) is 5.69 Å². The van der Waals surface area contributed by atoms with Gasteiger partial charge in [-0.05, 0) is 42.5 Å². The monoisotopic (exact) mass is 573 g/mol. The molecule has 4 rings (SSSR count). The number of nitro groups is 1. The van der Waals surface area contributed by atoms with E-state index >= 15 is 0 Å². The van der Waals surface area contributed by atoms with Gasteiger partial charge in [0.25, 0.3) is 11.6 Å². The quantitative estimate of drug-likeness (QED) is 0.0886. The first-order valence-corrected chi connectivity index (χ1v) is 14.8. The van der Waals surface area contributed by atoms with Crippen LogP contribution in [0, 0.1) is 10.1 Å². The Bertz CT molecular complexity index is 1390. The maximum atomic E-state index is 14.1. The van der Waals surface area contributed by atoms with Crippen LogP contribution in [0.15, 0.2) is 54.6 Å². The number of fused-ring (bicyclic) bond motifs is 1. The van der Waals surface area contributed by atoms with Crippen molar-refractivity contribution in [3.05, 3.63) is 87.2 Å². The standard InChI is InChI=1S/C33H39N3O6/c1-3-4-5-10-15-27-31-30(33(39)35(27)21-12-7-11-16-28(37)42-2)29(24-17-19-25(20-18-24)36(40)41)32(38)26(34-31)22-23-13-8-6-9-14-23/h6,8-9,13-14,17-20,27,38H,3-5,7,10-12,15-16,21-22H2,1-2H3. The van der Waals surface area contributed by atoms with Gasteiger partial charge in [0.1, 0.15) is 5.75 Å². The number of rotatable bonds is 15. The molecule has 9 nitrogen and oxygen atoms in total. The molecule has 0 radical (unpaired) electrons. The van der Waals surface area contributed by atoms with Crippen LogP contribution >= 0.6 is 0 Å². The van der Waals surface area contributed by atoms with Crippen LogP contribution in [0.1, 0.15) is 98.1 Å². The van der Waals surface area contributed by atoms with Crippen molar-refractivity contribution in [2.45, 2.75) is 77.2 Å². The zero-order valence-corrected chi connectivity index (χ0v) is 24.4. The Kier molecular flexibility index (Phi) is 10.6. The summed E-state index contributed by atoms with van der Waals surface area (Å²) >= 11 is 0. The molecule has 1 atom stereocenters. The van der Waals surface area contributed by atoms with E-state index in [1.807, 2.05) is 35.2 Å². The number of carbonyl (C=O) groups excluding carboxylic acids is 2. The molecule has 0 fully saturated rings. The Hall–Kier alpha value is -4.27. The zero-order chi connectivity index (χ0) is 30.1. The molecule has 1 unspecified atom stereocenters. The molecule has 1 amide bonds. The lowest BCUT2D eigenvalue weighted by Crippen LogP contribution is -2.29. The van der Waals surface area contributed by atoms with E-state index in [-0.39, 0.29) is 29.4 Å². The van der Waals surface area contributed by atoms with Crippen LogP contribution in [-0.4, -0.2) is 45.4 Å². The van der Waals surface area contributed by atoms with Crippen LogP contribution in [0.2, 0.25) is 0 Å². The van der Waals surface area contributed by atoms with Crippen molar-refractivity contribution in [3.63, 3.8) is 0 Å². The highest BCUT2D eigenvalue weighted by atomic mass is 16.6. The molecule has 3 aromatic rings. The number of non-ortho nitro benzene ring substituents is 1. The molecule has 42 heavy (non-hydrogen) atoms. The third kappa shape index (κ3) is 7.13. The lowest BCUT2D eigenvalue weighted by atomic mass is 9.93. The molecule has 1 aromatic heterocycles. The van der Waals surface area contributed by atoms with Crippen LogP contribution in [-0.2, 0) is 16.0 Å². The van der Waals surface area contributed by atoms with Crippen molar-refractivity contribution in [1.29, 1.82) is 0 Å². The molecule has 0 saturated heterocycles. The van der Waals surface area contributed by atoms with Crippen LogP contribution in [0.5, 0.6) is 5.75 Å². The summed E-state index contributed by atoms with van der Waals surface area (Å²) in [4.78, 5) is 43.3. The molecule has 0 aliphatic carbocycles. The highest BCUT2D eigenvalue weighted by Gasteiger charge is 2.41. The molecule has 9 heteroatoms. The van der Waals surface area contributed by atoms with E-state index in [1.165, 1.54) is 19.2 Å². The predicted octanol–water partition coefficient (Wildman–Crippen LogP) is 7.15. The molecule has 0 saturated carbocycles. The number of aromatic hydroxyl groups is 1. The number of methoxy groups -OCH3 is 1. The van der Waals surface area contributed by atoms with Crippen molar-refractivity contribution in [2.75, 3.05) is 13.7 Å². The largest absolute Gasteiger partial charge is 0.505 e. The van der Waals surface area contributed by atoms with Gasteiger partial charge in [-0.1, -0.05) is 69.4 Å². The minimum atomic E-state index is -0.471. The highest BCUT2D eigenvalue weighted by molar-refractivity contribution is 6.06. The number of nitrogens with zero attached hydrogens (tertiary/aromatic N) is 3. The van der Waals surface area contributed by atoms with E-state index in [4.69, 9.17) is 9.72 Å². The van der Waals surface area contributed by atoms with Gasteiger partial charge in [-0.15, -0.1) is 0 Å².